The maximum atomic E-state index is 13.1. The molecule has 1 aromatic carbocycles. The van der Waals surface area contributed by atoms with Crippen LogP contribution in [-0.2, 0) is 11.3 Å². The molecule has 6 heteroatoms. The number of hydrogen-bond acceptors (Lipinski definition) is 2. The van der Waals surface area contributed by atoms with Crippen molar-refractivity contribution in [3.63, 3.8) is 0 Å². The van der Waals surface area contributed by atoms with Crippen LogP contribution in [0.4, 0.5) is 4.39 Å². The van der Waals surface area contributed by atoms with Crippen LogP contribution >= 0.6 is 0 Å². The van der Waals surface area contributed by atoms with Crippen molar-refractivity contribution in [1.82, 2.24) is 9.88 Å². The lowest BCUT2D eigenvalue weighted by Crippen LogP contribution is -2.49. The Balaban J connectivity index is 2.69. The lowest BCUT2D eigenvalue weighted by atomic mass is 9.86. The molecule has 0 unspecified atom stereocenters. The largest absolute Gasteiger partial charge is 0.480 e. The summed E-state index contributed by atoms with van der Waals surface area (Å²) in [6.07, 6.45) is 0.943. The van der Waals surface area contributed by atoms with Crippen molar-refractivity contribution < 1.29 is 25.9 Å². The van der Waals surface area contributed by atoms with Crippen molar-refractivity contribution in [2.75, 3.05) is 6.67 Å². The van der Waals surface area contributed by atoms with Crippen molar-refractivity contribution in [2.45, 2.75) is 52.6 Å². The van der Waals surface area contributed by atoms with Crippen LogP contribution in [-0.4, -0.2) is 34.3 Å². The molecule has 0 spiro atoms. The van der Waals surface area contributed by atoms with Gasteiger partial charge in [-0.2, -0.15) is 0 Å². The van der Waals surface area contributed by atoms with Gasteiger partial charge in [0.1, 0.15) is 6.04 Å². The van der Waals surface area contributed by atoms with Crippen molar-refractivity contribution >= 4 is 22.8 Å². The fourth-order valence-corrected chi connectivity index (χ4v) is 2.66. The predicted molar refractivity (Wildman–Crippen MR) is 100 cm³/mol. The minimum absolute atomic E-state index is 0.00373. The van der Waals surface area contributed by atoms with E-state index in [9.17, 15) is 19.1 Å². The molecule has 0 saturated carbocycles. The van der Waals surface area contributed by atoms with E-state index >= 15 is 0 Å². The number of aliphatic carboxylic acids is 1. The molecule has 2 aromatic rings. The summed E-state index contributed by atoms with van der Waals surface area (Å²) in [5.41, 5.74) is -1.14. The summed E-state index contributed by atoms with van der Waals surface area (Å²) in [6, 6.07) is -3.19. The van der Waals surface area contributed by atoms with E-state index < -0.39 is 48.1 Å². The average Bonchev–Trinajstić information content (AvgIpc) is 2.97. The molecular weight excluding hydrogens is 335 g/mol. The number of carbonyl (C=O) groups is 2. The minimum Gasteiger partial charge on any atom is -0.480 e. The second-order valence-corrected chi connectivity index (χ2v) is 7.22. The van der Waals surface area contributed by atoms with Crippen molar-refractivity contribution in [3.8, 4) is 0 Å². The first-order chi connectivity index (χ1) is 14.3. The number of nitrogens with zero attached hydrogens (tertiary/aromatic N) is 1. The molecule has 0 aliphatic rings. The van der Waals surface area contributed by atoms with Gasteiger partial charge in [-0.15, -0.1) is 0 Å². The van der Waals surface area contributed by atoms with Gasteiger partial charge in [0, 0.05) is 23.6 Å². The predicted octanol–water partition coefficient (Wildman–Crippen LogP) is 4.01. The van der Waals surface area contributed by atoms with Crippen LogP contribution in [0.15, 0.2) is 30.3 Å². The smallest absolute Gasteiger partial charge is 0.326 e. The Morgan fingerprint density at radius 1 is 1.27 bits per heavy atom. The van der Waals surface area contributed by atoms with E-state index in [1.807, 2.05) is 0 Å². The van der Waals surface area contributed by atoms with Crippen LogP contribution in [0.5, 0.6) is 0 Å². The quantitative estimate of drug-likeness (QED) is 0.693. The Labute approximate surface area is 160 Å². The molecule has 0 aliphatic heterocycles. The highest BCUT2D eigenvalue weighted by Crippen LogP contribution is 2.24. The number of unbranched alkanes of at least 4 members (excludes halogenated alkanes) is 2. The van der Waals surface area contributed by atoms with Crippen LogP contribution in [0, 0.1) is 5.41 Å². The molecule has 1 atom stereocenters. The molecule has 0 aliphatic carbocycles. The van der Waals surface area contributed by atoms with Crippen LogP contribution in [0.3, 0.4) is 0 Å². The fourth-order valence-electron chi connectivity index (χ4n) is 2.66. The summed E-state index contributed by atoms with van der Waals surface area (Å²) in [5.74, 6) is -2.16. The lowest BCUT2D eigenvalue weighted by molar-refractivity contribution is -0.142. The third-order valence-electron chi connectivity index (χ3n) is 4.07. The molecule has 0 fully saturated rings. The number of alkyl halides is 1. The number of rotatable bonds is 8. The third kappa shape index (κ3) is 4.62. The Morgan fingerprint density at radius 2 is 1.96 bits per heavy atom. The Hall–Kier alpha value is -2.37. The van der Waals surface area contributed by atoms with E-state index in [1.54, 1.807) is 20.8 Å². The normalized spacial score (nSPS) is 15.6. The number of carboxylic acid groups (broad SMARTS) is 1. The maximum Gasteiger partial charge on any atom is 0.326 e. The number of nitrogens with one attached hydrogen (secondary N) is 1. The number of benzene rings is 1. The van der Waals surface area contributed by atoms with Crippen LogP contribution in [0.2, 0.25) is 0 Å². The Morgan fingerprint density at radius 3 is 2.58 bits per heavy atom. The second kappa shape index (κ2) is 8.34. The van der Waals surface area contributed by atoms with Crippen molar-refractivity contribution in [1.29, 1.82) is 0 Å². The van der Waals surface area contributed by atoms with E-state index in [0.29, 0.717) is 19.3 Å². The van der Waals surface area contributed by atoms with Gasteiger partial charge in [0.15, 0.2) is 0 Å². The van der Waals surface area contributed by atoms with Gasteiger partial charge in [-0.3, -0.25) is 9.18 Å². The van der Waals surface area contributed by atoms with Gasteiger partial charge in [-0.05, 0) is 30.7 Å². The topological polar surface area (TPSA) is 71.3 Å². The summed E-state index contributed by atoms with van der Waals surface area (Å²) in [7, 11) is 0. The van der Waals surface area contributed by atoms with Crippen molar-refractivity contribution in [3.05, 3.63) is 35.9 Å². The molecule has 2 N–H and O–H groups in total. The van der Waals surface area contributed by atoms with Gasteiger partial charge in [0.05, 0.1) is 19.1 Å². The number of hydrogen-bond donors (Lipinski definition) is 2. The van der Waals surface area contributed by atoms with Gasteiger partial charge in [0.2, 0.25) is 0 Å². The van der Waals surface area contributed by atoms with Crippen LogP contribution in [0.25, 0.3) is 10.9 Å². The molecule has 5 nitrogen and oxygen atoms in total. The van der Waals surface area contributed by atoms with E-state index in [0.717, 1.165) is 0 Å². The van der Waals surface area contributed by atoms with E-state index in [-0.39, 0.29) is 35.2 Å². The molecule has 1 aromatic heterocycles. The number of carboxylic acids is 1. The lowest BCUT2D eigenvalue weighted by Gasteiger charge is -2.27. The molecule has 142 valence electrons. The number of aryl methyl sites for hydroxylation is 1. The zero-order chi connectivity index (χ0) is 23.7. The number of aromatic nitrogens is 1. The highest BCUT2D eigenvalue weighted by molar-refractivity contribution is 6.08. The van der Waals surface area contributed by atoms with Crippen LogP contribution < -0.4 is 5.32 Å². The van der Waals surface area contributed by atoms with Crippen molar-refractivity contribution in [2.24, 2.45) is 5.41 Å². The van der Waals surface area contributed by atoms with Gasteiger partial charge in [-0.1, -0.05) is 38.9 Å². The number of para-hydroxylation sites is 1. The van der Waals surface area contributed by atoms with E-state index in [4.69, 9.17) is 6.85 Å². The van der Waals surface area contributed by atoms with E-state index in [1.165, 1.54) is 4.57 Å². The second-order valence-electron chi connectivity index (χ2n) is 7.22. The summed E-state index contributed by atoms with van der Waals surface area (Å²) in [4.78, 5) is 24.8. The summed E-state index contributed by atoms with van der Waals surface area (Å²) in [5, 5.41) is 11.8. The monoisotopic (exact) mass is 367 g/mol. The van der Waals surface area contributed by atoms with Gasteiger partial charge in [-0.25, -0.2) is 4.79 Å². The van der Waals surface area contributed by atoms with Gasteiger partial charge < -0.3 is 15.0 Å². The molecule has 0 saturated heterocycles. The standard InChI is InChI=1S/C20H27FN2O3/c1-20(2,3)17(19(25)26)22-18(24)15-13-23(12-8-4-7-11-21)16-10-6-5-9-14(15)16/h5-6,9-10,13,17H,4,7-8,11-12H2,1-3H3,(H,22,24)(H,25,26)/t17-/m1/s1/i5D,6D,9D,10D,13D. The van der Waals surface area contributed by atoms with Crippen LogP contribution in [0.1, 0.15) is 57.2 Å². The molecule has 2 rings (SSSR count). The number of halogens is 1. The Kier molecular flexibility index (Phi) is 4.42. The van der Waals surface area contributed by atoms with Gasteiger partial charge in [0.25, 0.3) is 5.91 Å². The first-order valence-electron chi connectivity index (χ1n) is 11.0. The number of amides is 1. The van der Waals surface area contributed by atoms with Gasteiger partial charge >= 0.3 is 5.97 Å². The first kappa shape index (κ1) is 13.8. The molecule has 26 heavy (non-hydrogen) atoms. The average molecular weight is 367 g/mol. The number of fused-ring (bicyclic) bond motifs is 1. The van der Waals surface area contributed by atoms with E-state index in [2.05, 4.69) is 5.32 Å². The maximum absolute atomic E-state index is 13.1. The Bertz CT molecular complexity index is 1020. The molecule has 0 bridgehead atoms. The summed E-state index contributed by atoms with van der Waals surface area (Å²) < 4.78 is 54.7. The zero-order valence-electron chi connectivity index (χ0n) is 20.2. The SMILES string of the molecule is [2H]c1c([2H])c([2H])c2c(c1[2H])c(C(=O)N[C@H](C(=O)O)C(C)(C)C)c([2H])n2CCCCCF. The zero-order valence-corrected chi connectivity index (χ0v) is 15.2. The molecule has 0 radical (unpaired) electrons. The summed E-state index contributed by atoms with van der Waals surface area (Å²) >= 11 is 0. The first-order valence-corrected chi connectivity index (χ1v) is 8.53. The highest BCUT2D eigenvalue weighted by atomic mass is 19.1. The minimum atomic E-state index is -1.28. The molecule has 1 heterocycles. The third-order valence-corrected chi connectivity index (χ3v) is 4.07. The fraction of sp³-hybridized carbons (Fsp3) is 0.500. The molecule has 1 amide bonds. The molecular formula is C20H27FN2O3. The highest BCUT2D eigenvalue weighted by Gasteiger charge is 2.33. The summed E-state index contributed by atoms with van der Waals surface area (Å²) in [6.45, 7) is 4.57. The number of carbonyl (C=O) groups excluding carboxylic acids is 1.